The van der Waals surface area contributed by atoms with Crippen molar-refractivity contribution in [3.63, 3.8) is 0 Å². The molecule has 0 aromatic heterocycles. The third-order valence-corrected chi connectivity index (χ3v) is 2.31. The van der Waals surface area contributed by atoms with Crippen LogP contribution in [0.4, 0.5) is 0 Å². The number of alkyl halides is 1. The van der Waals surface area contributed by atoms with Crippen molar-refractivity contribution >= 4 is 28.5 Å². The lowest BCUT2D eigenvalue weighted by Gasteiger charge is -2.05. The number of halogens is 1. The summed E-state index contributed by atoms with van der Waals surface area (Å²) >= 11 is 2.32. The van der Waals surface area contributed by atoms with Crippen LogP contribution in [0, 0.1) is 0 Å². The zero-order valence-electron chi connectivity index (χ0n) is 8.55. The van der Waals surface area contributed by atoms with Crippen molar-refractivity contribution in [2.45, 2.75) is 12.8 Å². The quantitative estimate of drug-likeness (QED) is 0.392. The Labute approximate surface area is 98.9 Å². The molecule has 0 spiro atoms. The summed E-state index contributed by atoms with van der Waals surface area (Å²) in [5.74, 6) is -0.0467. The van der Waals surface area contributed by atoms with E-state index >= 15 is 0 Å². The number of carbonyl (C=O) groups excluding carboxylic acids is 1. The second-order valence-corrected chi connectivity index (χ2v) is 3.87. The minimum atomic E-state index is -0.0467. The number of carbonyl (C=O) groups is 1. The van der Waals surface area contributed by atoms with Gasteiger partial charge < -0.3 is 14.8 Å². The van der Waals surface area contributed by atoms with Crippen LogP contribution in [-0.2, 0) is 14.3 Å². The van der Waals surface area contributed by atoms with Crippen LogP contribution >= 0.6 is 22.6 Å². The summed E-state index contributed by atoms with van der Waals surface area (Å²) in [5, 5.41) is 2.79. The molecule has 1 amide bonds. The molecule has 0 aliphatic rings. The average Bonchev–Trinajstić information content (AvgIpc) is 2.19. The molecule has 0 saturated carbocycles. The Morgan fingerprint density at radius 3 is 2.79 bits per heavy atom. The van der Waals surface area contributed by atoms with Crippen molar-refractivity contribution in [3.8, 4) is 0 Å². The van der Waals surface area contributed by atoms with Crippen molar-refractivity contribution in [3.05, 3.63) is 0 Å². The molecule has 0 unspecified atom stereocenters. The second kappa shape index (κ2) is 11.2. The highest BCUT2D eigenvalue weighted by molar-refractivity contribution is 14.1. The Morgan fingerprint density at radius 1 is 1.36 bits per heavy atom. The molecule has 0 bridgehead atoms. The summed E-state index contributed by atoms with van der Waals surface area (Å²) in [6, 6.07) is 0. The number of amides is 1. The molecule has 0 aliphatic heterocycles. The Kier molecular flexibility index (Phi) is 11.3. The van der Waals surface area contributed by atoms with E-state index < -0.39 is 0 Å². The third kappa shape index (κ3) is 10.2. The molecule has 0 aliphatic carbocycles. The summed E-state index contributed by atoms with van der Waals surface area (Å²) in [7, 11) is 1.60. The number of hydrogen-bond acceptors (Lipinski definition) is 3. The van der Waals surface area contributed by atoms with Gasteiger partial charge in [0.15, 0.2) is 0 Å². The van der Waals surface area contributed by atoms with Gasteiger partial charge in [-0.05, 0) is 17.3 Å². The van der Waals surface area contributed by atoms with Gasteiger partial charge in [0.25, 0.3) is 0 Å². The van der Waals surface area contributed by atoms with E-state index in [0.29, 0.717) is 13.2 Å². The van der Waals surface area contributed by atoms with Crippen LogP contribution < -0.4 is 5.32 Å². The Morgan fingerprint density at radius 2 is 2.14 bits per heavy atom. The van der Waals surface area contributed by atoms with Crippen molar-refractivity contribution < 1.29 is 14.3 Å². The molecule has 0 atom stereocenters. The lowest BCUT2D eigenvalue weighted by molar-refractivity contribution is -0.126. The van der Waals surface area contributed by atoms with Gasteiger partial charge in [-0.3, -0.25) is 4.79 Å². The topological polar surface area (TPSA) is 47.6 Å². The first-order valence-electron chi connectivity index (χ1n) is 4.70. The first-order valence-corrected chi connectivity index (χ1v) is 6.23. The van der Waals surface area contributed by atoms with E-state index in [1.54, 1.807) is 7.11 Å². The molecule has 0 radical (unpaired) electrons. The van der Waals surface area contributed by atoms with E-state index in [1.807, 2.05) is 0 Å². The summed E-state index contributed by atoms with van der Waals surface area (Å²) in [6.07, 6.45) is 2.18. The first kappa shape index (κ1) is 14.1. The largest absolute Gasteiger partial charge is 0.382 e. The van der Waals surface area contributed by atoms with Crippen LogP contribution in [0.2, 0.25) is 0 Å². The molecule has 0 rings (SSSR count). The van der Waals surface area contributed by atoms with Gasteiger partial charge in [0, 0.05) is 13.7 Å². The monoisotopic (exact) mass is 315 g/mol. The lowest BCUT2D eigenvalue weighted by atomic mass is 10.3. The SMILES string of the molecule is COCCOCC(=O)NCCCCI. The van der Waals surface area contributed by atoms with E-state index in [1.165, 1.54) is 0 Å². The van der Waals surface area contributed by atoms with Crippen molar-refractivity contribution in [2.24, 2.45) is 0 Å². The lowest BCUT2D eigenvalue weighted by Crippen LogP contribution is -2.29. The van der Waals surface area contributed by atoms with Gasteiger partial charge in [0.05, 0.1) is 13.2 Å². The number of hydrogen-bond donors (Lipinski definition) is 1. The van der Waals surface area contributed by atoms with Gasteiger partial charge in [0.2, 0.25) is 5.91 Å². The number of rotatable bonds is 9. The van der Waals surface area contributed by atoms with Crippen LogP contribution in [0.3, 0.4) is 0 Å². The minimum Gasteiger partial charge on any atom is -0.382 e. The van der Waals surface area contributed by atoms with Crippen molar-refractivity contribution in [2.75, 3.05) is 37.9 Å². The highest BCUT2D eigenvalue weighted by Gasteiger charge is 1.99. The summed E-state index contributed by atoms with van der Waals surface area (Å²) < 4.78 is 11.0. The fraction of sp³-hybridized carbons (Fsp3) is 0.889. The standard InChI is InChI=1S/C9H18INO3/c1-13-6-7-14-8-9(12)11-5-3-2-4-10/h2-8H2,1H3,(H,11,12). The number of nitrogens with one attached hydrogen (secondary N) is 1. The van der Waals surface area contributed by atoms with E-state index in [2.05, 4.69) is 27.9 Å². The van der Waals surface area contributed by atoms with Crippen LogP contribution in [0.25, 0.3) is 0 Å². The molecule has 0 aromatic carbocycles. The predicted molar refractivity (Wildman–Crippen MR) is 63.8 cm³/mol. The van der Waals surface area contributed by atoms with Crippen molar-refractivity contribution in [1.29, 1.82) is 0 Å². The van der Waals surface area contributed by atoms with Gasteiger partial charge in [-0.25, -0.2) is 0 Å². The molecule has 0 fully saturated rings. The molecule has 0 heterocycles. The second-order valence-electron chi connectivity index (χ2n) is 2.79. The van der Waals surface area contributed by atoms with Crippen LogP contribution in [0.1, 0.15) is 12.8 Å². The van der Waals surface area contributed by atoms with Gasteiger partial charge in [0.1, 0.15) is 6.61 Å². The Bertz CT molecular complexity index is 130. The smallest absolute Gasteiger partial charge is 0.245 e. The van der Waals surface area contributed by atoms with E-state index in [0.717, 1.165) is 23.8 Å². The molecular formula is C9H18INO3. The van der Waals surface area contributed by atoms with E-state index in [4.69, 9.17) is 9.47 Å². The number of methoxy groups -OCH3 is 1. The maximum Gasteiger partial charge on any atom is 0.245 e. The summed E-state index contributed by atoms with van der Waals surface area (Å²) in [6.45, 7) is 1.88. The Balaban J connectivity index is 3.11. The summed E-state index contributed by atoms with van der Waals surface area (Å²) in [4.78, 5) is 11.1. The summed E-state index contributed by atoms with van der Waals surface area (Å²) in [5.41, 5.74) is 0. The maximum absolute atomic E-state index is 11.1. The molecule has 14 heavy (non-hydrogen) atoms. The van der Waals surface area contributed by atoms with Gasteiger partial charge in [-0.1, -0.05) is 22.6 Å². The fourth-order valence-corrected chi connectivity index (χ4v) is 1.34. The van der Waals surface area contributed by atoms with Crippen LogP contribution in [0.5, 0.6) is 0 Å². The molecule has 0 saturated heterocycles. The highest BCUT2D eigenvalue weighted by Crippen LogP contribution is 1.92. The van der Waals surface area contributed by atoms with Crippen LogP contribution in [0.15, 0.2) is 0 Å². The minimum absolute atomic E-state index is 0.0467. The molecule has 5 heteroatoms. The fourth-order valence-electron chi connectivity index (χ4n) is 0.805. The third-order valence-electron chi connectivity index (χ3n) is 1.55. The van der Waals surface area contributed by atoms with Gasteiger partial charge in [-0.2, -0.15) is 0 Å². The van der Waals surface area contributed by atoms with E-state index in [9.17, 15) is 4.79 Å². The van der Waals surface area contributed by atoms with Crippen LogP contribution in [-0.4, -0.2) is 43.8 Å². The number of unbranched alkanes of at least 4 members (excludes halogenated alkanes) is 1. The normalized spacial score (nSPS) is 10.1. The van der Waals surface area contributed by atoms with Crippen molar-refractivity contribution in [1.82, 2.24) is 5.32 Å². The van der Waals surface area contributed by atoms with Gasteiger partial charge in [-0.15, -0.1) is 0 Å². The van der Waals surface area contributed by atoms with E-state index in [-0.39, 0.29) is 12.5 Å². The predicted octanol–water partition coefficient (Wildman–Crippen LogP) is 0.981. The highest BCUT2D eigenvalue weighted by atomic mass is 127. The molecule has 84 valence electrons. The number of ether oxygens (including phenoxy) is 2. The van der Waals surface area contributed by atoms with Gasteiger partial charge >= 0.3 is 0 Å². The zero-order valence-corrected chi connectivity index (χ0v) is 10.7. The maximum atomic E-state index is 11.1. The molecule has 0 aromatic rings. The zero-order chi connectivity index (χ0) is 10.6. The Hall–Kier alpha value is 0.120. The molecule has 1 N–H and O–H groups in total. The molecular weight excluding hydrogens is 297 g/mol. The average molecular weight is 315 g/mol. The molecule has 4 nitrogen and oxygen atoms in total. The first-order chi connectivity index (χ1) is 6.81.